The number of nitrogens with zero attached hydrogens (tertiary/aromatic N) is 3. The van der Waals surface area contributed by atoms with Crippen molar-refractivity contribution in [3.05, 3.63) is 52.1 Å². The van der Waals surface area contributed by atoms with Gasteiger partial charge in [-0.25, -0.2) is 0 Å². The van der Waals surface area contributed by atoms with Crippen molar-refractivity contribution in [1.82, 2.24) is 5.01 Å². The lowest BCUT2D eigenvalue weighted by molar-refractivity contribution is -0.384. The second-order valence-corrected chi connectivity index (χ2v) is 6.42. The molecular formula is C17H15N3O4. The molecule has 0 spiro atoms. The fourth-order valence-corrected chi connectivity index (χ4v) is 3.98. The molecular weight excluding hydrogens is 310 g/mol. The lowest BCUT2D eigenvalue weighted by Crippen LogP contribution is -2.38. The molecule has 1 aromatic carbocycles. The first kappa shape index (κ1) is 14.7. The van der Waals surface area contributed by atoms with Crippen LogP contribution >= 0.6 is 0 Å². The van der Waals surface area contributed by atoms with Crippen molar-refractivity contribution < 1.29 is 14.5 Å². The van der Waals surface area contributed by atoms with E-state index in [0.717, 1.165) is 17.9 Å². The van der Waals surface area contributed by atoms with Crippen LogP contribution in [-0.4, -0.2) is 28.0 Å². The normalized spacial score (nSPS) is 31.1. The van der Waals surface area contributed by atoms with Crippen LogP contribution in [0.4, 0.5) is 5.69 Å². The number of nitro groups is 1. The minimum Gasteiger partial charge on any atom is -0.272 e. The number of carbonyl (C=O) groups is 2. The van der Waals surface area contributed by atoms with Gasteiger partial charge in [-0.15, -0.1) is 0 Å². The van der Waals surface area contributed by atoms with Gasteiger partial charge in [0.1, 0.15) is 0 Å². The topological polar surface area (TPSA) is 92.9 Å². The van der Waals surface area contributed by atoms with Gasteiger partial charge in [-0.3, -0.25) is 19.7 Å². The third-order valence-electron chi connectivity index (χ3n) is 5.16. The van der Waals surface area contributed by atoms with Crippen LogP contribution in [0.25, 0.3) is 0 Å². The Morgan fingerprint density at radius 3 is 2.04 bits per heavy atom. The maximum atomic E-state index is 12.6. The first-order valence-corrected chi connectivity index (χ1v) is 7.91. The van der Waals surface area contributed by atoms with Gasteiger partial charge in [-0.05, 0) is 42.4 Å². The van der Waals surface area contributed by atoms with E-state index in [1.165, 1.54) is 30.5 Å². The molecule has 2 amide bonds. The van der Waals surface area contributed by atoms with Crippen LogP contribution in [0.3, 0.4) is 0 Å². The highest BCUT2D eigenvalue weighted by Gasteiger charge is 2.56. The highest BCUT2D eigenvalue weighted by Crippen LogP contribution is 2.49. The van der Waals surface area contributed by atoms with E-state index in [9.17, 15) is 19.7 Å². The number of hydrogen-bond acceptors (Lipinski definition) is 5. The van der Waals surface area contributed by atoms with E-state index in [0.29, 0.717) is 5.56 Å². The summed E-state index contributed by atoms with van der Waals surface area (Å²) in [7, 11) is 0. The van der Waals surface area contributed by atoms with Gasteiger partial charge in [-0.1, -0.05) is 12.2 Å². The van der Waals surface area contributed by atoms with E-state index in [-0.39, 0.29) is 41.2 Å². The van der Waals surface area contributed by atoms with Crippen LogP contribution in [0.2, 0.25) is 0 Å². The van der Waals surface area contributed by atoms with Gasteiger partial charge in [0.15, 0.2) is 0 Å². The predicted octanol–water partition coefficient (Wildman–Crippen LogP) is 2.13. The molecule has 24 heavy (non-hydrogen) atoms. The third kappa shape index (κ3) is 2.16. The minimum atomic E-state index is -0.484. The van der Waals surface area contributed by atoms with Gasteiger partial charge in [0.2, 0.25) is 0 Å². The Bertz CT molecular complexity index is 752. The summed E-state index contributed by atoms with van der Waals surface area (Å²) >= 11 is 0. The summed E-state index contributed by atoms with van der Waals surface area (Å²) in [5, 5.41) is 15.7. The van der Waals surface area contributed by atoms with Crippen molar-refractivity contribution in [2.45, 2.75) is 12.8 Å². The molecule has 1 aliphatic heterocycles. The number of allylic oxidation sites excluding steroid dienone is 2. The van der Waals surface area contributed by atoms with Crippen LogP contribution < -0.4 is 0 Å². The van der Waals surface area contributed by atoms with Crippen molar-refractivity contribution in [3.63, 3.8) is 0 Å². The van der Waals surface area contributed by atoms with Crippen LogP contribution in [0, 0.1) is 33.8 Å². The molecule has 1 heterocycles. The molecule has 0 radical (unpaired) electrons. The number of rotatable bonds is 3. The molecule has 1 aromatic rings. The van der Waals surface area contributed by atoms with Crippen LogP contribution in [0.5, 0.6) is 0 Å². The van der Waals surface area contributed by atoms with E-state index in [1.807, 2.05) is 0 Å². The summed E-state index contributed by atoms with van der Waals surface area (Å²) in [5.41, 5.74) is 0.575. The Balaban J connectivity index is 1.56. The molecule has 2 bridgehead atoms. The van der Waals surface area contributed by atoms with Crippen molar-refractivity contribution >= 4 is 23.7 Å². The van der Waals surface area contributed by atoms with Gasteiger partial charge in [0, 0.05) is 12.1 Å². The number of fused-ring (bicyclic) bond motifs is 1. The highest BCUT2D eigenvalue weighted by molar-refractivity contribution is 6.06. The van der Waals surface area contributed by atoms with Gasteiger partial charge in [-0.2, -0.15) is 10.1 Å². The standard InChI is InChI=1S/C17H15N3O4/c21-16-14-11-3-4-12(6-5-11)15(14)17(22)19(16)18-9-10-1-7-13(8-2-10)20(23)24/h1-4,7-9,11-12,14-15H,5-6H2/b18-9+. The molecule has 1 saturated carbocycles. The Kier molecular flexibility index (Phi) is 3.30. The third-order valence-corrected chi connectivity index (χ3v) is 5.16. The summed E-state index contributed by atoms with van der Waals surface area (Å²) in [6.45, 7) is 0. The molecule has 2 fully saturated rings. The average Bonchev–Trinajstić information content (AvgIpc) is 2.87. The number of hydrogen-bond donors (Lipinski definition) is 0. The van der Waals surface area contributed by atoms with Crippen molar-refractivity contribution in [1.29, 1.82) is 0 Å². The Morgan fingerprint density at radius 2 is 1.58 bits per heavy atom. The largest absolute Gasteiger partial charge is 0.272 e. The first-order valence-electron chi connectivity index (χ1n) is 7.91. The monoisotopic (exact) mass is 325 g/mol. The molecule has 3 aliphatic carbocycles. The Hall–Kier alpha value is -2.83. The molecule has 7 heteroatoms. The summed E-state index contributed by atoms with van der Waals surface area (Å²) < 4.78 is 0. The summed E-state index contributed by atoms with van der Waals surface area (Å²) in [5.74, 6) is -0.762. The molecule has 0 N–H and O–H groups in total. The van der Waals surface area contributed by atoms with Crippen LogP contribution in [-0.2, 0) is 9.59 Å². The molecule has 122 valence electrons. The van der Waals surface area contributed by atoms with Crippen LogP contribution in [0.15, 0.2) is 41.5 Å². The Morgan fingerprint density at radius 1 is 1.04 bits per heavy atom. The second-order valence-electron chi connectivity index (χ2n) is 6.42. The average molecular weight is 325 g/mol. The maximum Gasteiger partial charge on any atom is 0.269 e. The lowest BCUT2D eigenvalue weighted by atomic mass is 9.63. The number of nitro benzene ring substituents is 1. The van der Waals surface area contributed by atoms with Crippen molar-refractivity contribution in [2.75, 3.05) is 0 Å². The van der Waals surface area contributed by atoms with E-state index in [2.05, 4.69) is 17.3 Å². The molecule has 5 rings (SSSR count). The number of hydrazone groups is 1. The number of benzene rings is 1. The smallest absolute Gasteiger partial charge is 0.269 e. The fraction of sp³-hybridized carbons (Fsp3) is 0.353. The number of carbonyl (C=O) groups excluding carboxylic acids is 2. The summed E-state index contributed by atoms with van der Waals surface area (Å²) in [6.07, 6.45) is 7.41. The zero-order valence-corrected chi connectivity index (χ0v) is 12.7. The van der Waals surface area contributed by atoms with Crippen LogP contribution in [0.1, 0.15) is 18.4 Å². The first-order chi connectivity index (χ1) is 11.6. The van der Waals surface area contributed by atoms with Gasteiger partial charge in [0.25, 0.3) is 17.5 Å². The van der Waals surface area contributed by atoms with Crippen molar-refractivity contribution in [3.8, 4) is 0 Å². The Labute approximate surface area is 137 Å². The number of non-ortho nitro benzene ring substituents is 1. The maximum absolute atomic E-state index is 12.6. The SMILES string of the molecule is O=C1C2C3C=CC(CC3)C2C(=O)N1/N=C/c1ccc([N+](=O)[O-])cc1. The minimum absolute atomic E-state index is 0.0193. The molecule has 0 aromatic heterocycles. The molecule has 4 atom stereocenters. The highest BCUT2D eigenvalue weighted by atomic mass is 16.6. The van der Waals surface area contributed by atoms with E-state index < -0.39 is 4.92 Å². The van der Waals surface area contributed by atoms with Gasteiger partial charge in [0.05, 0.1) is 23.0 Å². The second kappa shape index (κ2) is 5.36. The summed E-state index contributed by atoms with van der Waals surface area (Å²) in [6, 6.07) is 5.79. The molecule has 7 nitrogen and oxygen atoms in total. The summed E-state index contributed by atoms with van der Waals surface area (Å²) in [4.78, 5) is 35.3. The zero-order chi connectivity index (χ0) is 16.8. The zero-order valence-electron chi connectivity index (χ0n) is 12.7. The number of imide groups is 1. The quantitative estimate of drug-likeness (QED) is 0.280. The van der Waals surface area contributed by atoms with E-state index in [4.69, 9.17) is 0 Å². The van der Waals surface area contributed by atoms with Gasteiger partial charge >= 0.3 is 0 Å². The van der Waals surface area contributed by atoms with Crippen molar-refractivity contribution in [2.24, 2.45) is 28.8 Å². The fourth-order valence-electron chi connectivity index (χ4n) is 3.98. The number of amides is 2. The molecule has 1 saturated heterocycles. The lowest BCUT2D eigenvalue weighted by Gasteiger charge is -2.37. The van der Waals surface area contributed by atoms with E-state index in [1.54, 1.807) is 0 Å². The molecule has 4 aliphatic rings. The van der Waals surface area contributed by atoms with Gasteiger partial charge < -0.3 is 0 Å². The van der Waals surface area contributed by atoms with E-state index >= 15 is 0 Å². The predicted molar refractivity (Wildman–Crippen MR) is 84.9 cm³/mol. The molecule has 4 unspecified atom stereocenters.